The van der Waals surface area contributed by atoms with Gasteiger partial charge in [0.25, 0.3) is 0 Å². The number of alkyl halides is 1. The van der Waals surface area contributed by atoms with Crippen LogP contribution < -0.4 is 0 Å². The summed E-state index contributed by atoms with van der Waals surface area (Å²) in [5, 5.41) is 0.765. The SMILES string of the molecule is CO[C@](C)(CBr)[C@H]1CC(=O)C(C)=C(C)C1. The highest BCUT2D eigenvalue weighted by molar-refractivity contribution is 9.09. The maximum atomic E-state index is 11.8. The third-order valence-electron chi connectivity index (χ3n) is 3.64. The number of halogens is 1. The van der Waals surface area contributed by atoms with Gasteiger partial charge in [-0.05, 0) is 38.7 Å². The Labute approximate surface area is 100 Å². The van der Waals surface area contributed by atoms with Gasteiger partial charge in [0.05, 0.1) is 5.60 Å². The van der Waals surface area contributed by atoms with Crippen molar-refractivity contribution < 1.29 is 9.53 Å². The van der Waals surface area contributed by atoms with Gasteiger partial charge in [-0.3, -0.25) is 4.79 Å². The summed E-state index contributed by atoms with van der Waals surface area (Å²) in [7, 11) is 1.71. The molecule has 15 heavy (non-hydrogen) atoms. The lowest BCUT2D eigenvalue weighted by atomic mass is 9.76. The van der Waals surface area contributed by atoms with Gasteiger partial charge in [-0.25, -0.2) is 0 Å². The molecular weight excluding hydrogens is 256 g/mol. The normalized spacial score (nSPS) is 26.7. The molecule has 0 unspecified atom stereocenters. The van der Waals surface area contributed by atoms with Crippen LogP contribution in [0.5, 0.6) is 0 Å². The van der Waals surface area contributed by atoms with Crippen molar-refractivity contribution in [1.82, 2.24) is 0 Å². The molecule has 0 saturated carbocycles. The Bertz CT molecular complexity index is 290. The van der Waals surface area contributed by atoms with Crippen LogP contribution in [0.1, 0.15) is 33.6 Å². The van der Waals surface area contributed by atoms with Crippen molar-refractivity contribution in [2.45, 2.75) is 39.2 Å². The second-order valence-electron chi connectivity index (χ2n) is 4.58. The first-order chi connectivity index (χ1) is 6.94. The standard InChI is InChI=1S/C12H19BrO2/c1-8-5-10(6-11(14)9(8)2)12(3,7-13)15-4/h10H,5-7H2,1-4H3/t10-,12-/m1/s1. The molecule has 0 N–H and O–H groups in total. The van der Waals surface area contributed by atoms with E-state index in [9.17, 15) is 4.79 Å². The molecule has 1 aliphatic rings. The molecule has 0 aromatic rings. The smallest absolute Gasteiger partial charge is 0.158 e. The molecule has 0 radical (unpaired) electrons. The lowest BCUT2D eigenvalue weighted by Crippen LogP contribution is -2.41. The number of Topliss-reactive ketones (excluding diaryl/α,β-unsaturated/α-hetero) is 1. The Morgan fingerprint density at radius 3 is 2.47 bits per heavy atom. The Hall–Kier alpha value is -0.150. The molecule has 1 rings (SSSR count). The first kappa shape index (κ1) is 12.9. The van der Waals surface area contributed by atoms with Gasteiger partial charge >= 0.3 is 0 Å². The molecule has 0 fully saturated rings. The van der Waals surface area contributed by atoms with E-state index in [-0.39, 0.29) is 17.3 Å². The van der Waals surface area contributed by atoms with Crippen LogP contribution >= 0.6 is 15.9 Å². The van der Waals surface area contributed by atoms with Crippen molar-refractivity contribution in [3.05, 3.63) is 11.1 Å². The zero-order chi connectivity index (χ0) is 11.6. The maximum absolute atomic E-state index is 11.8. The van der Waals surface area contributed by atoms with Crippen molar-refractivity contribution >= 4 is 21.7 Å². The van der Waals surface area contributed by atoms with E-state index in [0.29, 0.717) is 6.42 Å². The molecule has 0 heterocycles. The highest BCUT2D eigenvalue weighted by atomic mass is 79.9. The second-order valence-corrected chi connectivity index (χ2v) is 5.14. The quantitative estimate of drug-likeness (QED) is 0.740. The van der Waals surface area contributed by atoms with E-state index in [0.717, 1.165) is 17.3 Å². The molecule has 86 valence electrons. The summed E-state index contributed by atoms with van der Waals surface area (Å²) in [6, 6.07) is 0. The number of allylic oxidation sites excluding steroid dienone is 2. The molecule has 2 atom stereocenters. The maximum Gasteiger partial charge on any atom is 0.158 e. The van der Waals surface area contributed by atoms with Crippen molar-refractivity contribution in [2.24, 2.45) is 5.92 Å². The van der Waals surface area contributed by atoms with Crippen molar-refractivity contribution in [3.8, 4) is 0 Å². The average molecular weight is 275 g/mol. The van der Waals surface area contributed by atoms with Crippen LogP contribution in [0.25, 0.3) is 0 Å². The minimum absolute atomic E-state index is 0.238. The fourth-order valence-corrected chi connectivity index (χ4v) is 2.66. The third-order valence-corrected chi connectivity index (χ3v) is 4.75. The monoisotopic (exact) mass is 274 g/mol. The summed E-state index contributed by atoms with van der Waals surface area (Å²) in [5.41, 5.74) is 1.91. The van der Waals surface area contributed by atoms with Crippen LogP contribution in [0.3, 0.4) is 0 Å². The van der Waals surface area contributed by atoms with Crippen molar-refractivity contribution in [2.75, 3.05) is 12.4 Å². The summed E-state index contributed by atoms with van der Waals surface area (Å²) in [6.45, 7) is 6.03. The van der Waals surface area contributed by atoms with Gasteiger partial charge in [0.15, 0.2) is 5.78 Å². The van der Waals surface area contributed by atoms with Crippen LogP contribution in [0.15, 0.2) is 11.1 Å². The van der Waals surface area contributed by atoms with Crippen LogP contribution in [-0.2, 0) is 9.53 Å². The molecule has 0 aromatic heterocycles. The summed E-state index contributed by atoms with van der Waals surface area (Å²) >= 11 is 3.47. The van der Waals surface area contributed by atoms with Crippen LogP contribution in [-0.4, -0.2) is 23.8 Å². The largest absolute Gasteiger partial charge is 0.377 e. The fraction of sp³-hybridized carbons (Fsp3) is 0.750. The van der Waals surface area contributed by atoms with E-state index in [2.05, 4.69) is 22.9 Å². The average Bonchev–Trinajstić information content (AvgIpc) is 2.24. The van der Waals surface area contributed by atoms with E-state index in [1.807, 2.05) is 13.8 Å². The number of methoxy groups -OCH3 is 1. The number of ether oxygens (including phenoxy) is 1. The van der Waals surface area contributed by atoms with Crippen LogP contribution in [0.2, 0.25) is 0 Å². The first-order valence-electron chi connectivity index (χ1n) is 5.25. The van der Waals surface area contributed by atoms with Gasteiger partial charge in [0.1, 0.15) is 0 Å². The molecule has 3 heteroatoms. The van der Waals surface area contributed by atoms with Crippen molar-refractivity contribution in [3.63, 3.8) is 0 Å². The highest BCUT2D eigenvalue weighted by Crippen LogP contribution is 2.36. The third kappa shape index (κ3) is 2.51. The van der Waals surface area contributed by atoms with E-state index >= 15 is 0 Å². The number of ketones is 1. The minimum Gasteiger partial charge on any atom is -0.377 e. The molecule has 0 saturated heterocycles. The predicted molar refractivity (Wildman–Crippen MR) is 65.3 cm³/mol. The Kier molecular flexibility index (Phi) is 4.13. The molecular formula is C12H19BrO2. The number of carbonyl (C=O) groups excluding carboxylic acids is 1. The molecule has 0 aliphatic heterocycles. The van der Waals surface area contributed by atoms with Crippen LogP contribution in [0.4, 0.5) is 0 Å². The fourth-order valence-electron chi connectivity index (χ4n) is 1.97. The highest BCUT2D eigenvalue weighted by Gasteiger charge is 2.37. The van der Waals surface area contributed by atoms with E-state index in [1.54, 1.807) is 7.11 Å². The van der Waals surface area contributed by atoms with E-state index in [1.165, 1.54) is 5.57 Å². The van der Waals surface area contributed by atoms with Gasteiger partial charge in [-0.1, -0.05) is 21.5 Å². The van der Waals surface area contributed by atoms with Crippen molar-refractivity contribution in [1.29, 1.82) is 0 Å². The minimum atomic E-state index is -0.238. The molecule has 0 spiro atoms. The van der Waals surface area contributed by atoms with Gasteiger partial charge < -0.3 is 4.74 Å². The lowest BCUT2D eigenvalue weighted by molar-refractivity contribution is -0.120. The summed E-state index contributed by atoms with van der Waals surface area (Å²) in [6.07, 6.45) is 1.58. The molecule has 0 bridgehead atoms. The summed E-state index contributed by atoms with van der Waals surface area (Å²) in [4.78, 5) is 11.8. The molecule has 1 aliphatic carbocycles. The zero-order valence-corrected chi connectivity index (χ0v) is 11.5. The van der Waals surface area contributed by atoms with Gasteiger partial charge in [-0.15, -0.1) is 0 Å². The Balaban J connectivity index is 2.89. The van der Waals surface area contributed by atoms with Crippen LogP contribution in [0, 0.1) is 5.92 Å². The van der Waals surface area contributed by atoms with Gasteiger partial charge in [0, 0.05) is 18.9 Å². The number of carbonyl (C=O) groups is 1. The van der Waals surface area contributed by atoms with E-state index in [4.69, 9.17) is 4.74 Å². The van der Waals surface area contributed by atoms with Gasteiger partial charge in [-0.2, -0.15) is 0 Å². The Morgan fingerprint density at radius 2 is 2.07 bits per heavy atom. The first-order valence-corrected chi connectivity index (χ1v) is 6.37. The van der Waals surface area contributed by atoms with E-state index < -0.39 is 0 Å². The zero-order valence-electron chi connectivity index (χ0n) is 9.89. The number of hydrogen-bond acceptors (Lipinski definition) is 2. The van der Waals surface area contributed by atoms with Gasteiger partial charge in [0.2, 0.25) is 0 Å². The molecule has 2 nitrogen and oxygen atoms in total. The lowest BCUT2D eigenvalue weighted by Gasteiger charge is -2.37. The molecule has 0 aromatic carbocycles. The second kappa shape index (κ2) is 4.79. The Morgan fingerprint density at radius 1 is 1.47 bits per heavy atom. The molecule has 0 amide bonds. The topological polar surface area (TPSA) is 26.3 Å². The number of hydrogen-bond donors (Lipinski definition) is 0. The summed E-state index contributed by atoms with van der Waals surface area (Å²) in [5.74, 6) is 0.561. The number of rotatable bonds is 3. The summed E-state index contributed by atoms with van der Waals surface area (Å²) < 4.78 is 5.54. The predicted octanol–water partition coefficient (Wildman–Crippen LogP) is 3.10.